The number of nitrogens with zero attached hydrogens (tertiary/aromatic N) is 3. The fraction of sp³-hybridized carbons (Fsp3) is 0.250. The van der Waals surface area contributed by atoms with Crippen molar-refractivity contribution in [1.82, 2.24) is 9.56 Å². The number of rotatable bonds is 1. The van der Waals surface area contributed by atoms with Gasteiger partial charge >= 0.3 is 0 Å². The van der Waals surface area contributed by atoms with Gasteiger partial charge in [-0.05, 0) is 46.9 Å². The molecule has 5 heteroatoms. The first-order valence-corrected chi connectivity index (χ1v) is 8.57. The largest absolute Gasteiger partial charge is 0.378 e. The van der Waals surface area contributed by atoms with Crippen LogP contribution in [0.2, 0.25) is 0 Å². The van der Waals surface area contributed by atoms with Gasteiger partial charge in [0.1, 0.15) is 17.7 Å². The van der Waals surface area contributed by atoms with Crippen LogP contribution in [0.3, 0.4) is 0 Å². The van der Waals surface area contributed by atoms with Crippen molar-refractivity contribution in [2.24, 2.45) is 0 Å². The lowest BCUT2D eigenvalue weighted by atomic mass is 10.2. The molecule has 0 saturated heterocycles. The fourth-order valence-corrected chi connectivity index (χ4v) is 4.56. The lowest BCUT2D eigenvalue weighted by Gasteiger charge is -2.14. The molecule has 1 aliphatic heterocycles. The lowest BCUT2D eigenvalue weighted by Crippen LogP contribution is -2.24. The average Bonchev–Trinajstić information content (AvgIpc) is 2.45. The van der Waals surface area contributed by atoms with Crippen LogP contribution < -0.4 is 14.8 Å². The summed E-state index contributed by atoms with van der Waals surface area (Å²) in [5.74, 6) is 0. The van der Waals surface area contributed by atoms with Crippen molar-refractivity contribution >= 4 is 49.8 Å². The van der Waals surface area contributed by atoms with Crippen LogP contribution in [0.25, 0.3) is 20.8 Å². The van der Waals surface area contributed by atoms with Gasteiger partial charge in [-0.2, -0.15) is 0 Å². The molecule has 3 nitrogen and oxygen atoms in total. The molecule has 0 N–H and O–H groups in total. The minimum Gasteiger partial charge on any atom is -0.378 e. The Morgan fingerprint density at radius 1 is 1.14 bits per heavy atom. The molecule has 0 spiro atoms. The molecule has 108 valence electrons. The number of hydrogen-bond donors (Lipinski definition) is 0. The zero-order valence-corrected chi connectivity index (χ0v) is 15.5. The SMILES string of the molecule is CN(C)c1ccc2nc3ccc(=[N+](C)C)c(I)c-3sc2c1. The summed E-state index contributed by atoms with van der Waals surface area (Å²) in [5.41, 5.74) is 3.34. The van der Waals surface area contributed by atoms with Crippen LogP contribution in [0.4, 0.5) is 5.69 Å². The first kappa shape index (κ1) is 14.7. The van der Waals surface area contributed by atoms with Crippen molar-refractivity contribution in [3.8, 4) is 10.6 Å². The van der Waals surface area contributed by atoms with Gasteiger partial charge in [-0.1, -0.05) is 0 Å². The van der Waals surface area contributed by atoms with E-state index in [2.05, 4.69) is 90.6 Å². The topological polar surface area (TPSA) is 19.1 Å². The number of hydrogen-bond acceptors (Lipinski definition) is 3. The first-order chi connectivity index (χ1) is 9.97. The van der Waals surface area contributed by atoms with E-state index in [1.54, 1.807) is 0 Å². The van der Waals surface area contributed by atoms with Gasteiger partial charge in [0, 0.05) is 25.8 Å². The predicted octanol–water partition coefficient (Wildman–Crippen LogP) is 3.10. The molecule has 0 amide bonds. The summed E-state index contributed by atoms with van der Waals surface area (Å²) in [6.07, 6.45) is 0. The molecular weight excluding hydrogens is 393 g/mol. The smallest absolute Gasteiger partial charge is 0.214 e. The summed E-state index contributed by atoms with van der Waals surface area (Å²) in [5, 5.41) is 1.24. The van der Waals surface area contributed by atoms with E-state index in [9.17, 15) is 0 Å². The Hall–Kier alpha value is -1.21. The number of anilines is 1. The van der Waals surface area contributed by atoms with E-state index in [0.29, 0.717) is 0 Å². The maximum absolute atomic E-state index is 4.81. The van der Waals surface area contributed by atoms with Crippen LogP contribution in [-0.2, 0) is 0 Å². The van der Waals surface area contributed by atoms with Gasteiger partial charge in [-0.25, -0.2) is 9.56 Å². The van der Waals surface area contributed by atoms with Gasteiger partial charge in [-0.15, -0.1) is 11.3 Å². The lowest BCUT2D eigenvalue weighted by molar-refractivity contribution is 0.809. The molecular formula is C16H17IN3S+. The highest BCUT2D eigenvalue weighted by atomic mass is 127. The fourth-order valence-electron chi connectivity index (χ4n) is 2.26. The highest BCUT2D eigenvalue weighted by Crippen LogP contribution is 2.34. The van der Waals surface area contributed by atoms with Crippen LogP contribution in [0.15, 0.2) is 30.3 Å². The van der Waals surface area contributed by atoms with E-state index >= 15 is 0 Å². The minimum absolute atomic E-state index is 1.06. The number of aromatic nitrogens is 1. The van der Waals surface area contributed by atoms with Gasteiger partial charge in [0.2, 0.25) is 5.36 Å². The van der Waals surface area contributed by atoms with Gasteiger partial charge in [0.25, 0.3) is 0 Å². The maximum Gasteiger partial charge on any atom is 0.214 e. The van der Waals surface area contributed by atoms with Gasteiger partial charge in [-0.3, -0.25) is 0 Å². The first-order valence-electron chi connectivity index (χ1n) is 6.68. The molecule has 3 rings (SSSR count). The van der Waals surface area contributed by atoms with Crippen LogP contribution >= 0.6 is 33.9 Å². The molecule has 2 aliphatic rings. The van der Waals surface area contributed by atoms with Crippen LogP contribution in [0, 0.1) is 3.57 Å². The third-order valence-corrected chi connectivity index (χ3v) is 6.07. The van der Waals surface area contributed by atoms with Crippen molar-refractivity contribution in [3.05, 3.63) is 39.3 Å². The van der Waals surface area contributed by atoms with Crippen molar-refractivity contribution in [2.75, 3.05) is 33.1 Å². The summed E-state index contributed by atoms with van der Waals surface area (Å²) in [6.45, 7) is 0. The van der Waals surface area contributed by atoms with E-state index in [4.69, 9.17) is 4.98 Å². The molecule has 1 aromatic rings. The summed E-state index contributed by atoms with van der Waals surface area (Å²) in [4.78, 5) is 8.19. The molecule has 0 bridgehead atoms. The molecule has 0 fully saturated rings. The molecule has 0 unspecified atom stereocenters. The Balaban J connectivity index is 2.38. The monoisotopic (exact) mass is 410 g/mol. The zero-order valence-electron chi connectivity index (χ0n) is 12.5. The van der Waals surface area contributed by atoms with Gasteiger partial charge in [0.05, 0.1) is 20.8 Å². The molecule has 1 aromatic carbocycles. The molecule has 1 heterocycles. The van der Waals surface area contributed by atoms with Crippen molar-refractivity contribution in [3.63, 3.8) is 0 Å². The van der Waals surface area contributed by atoms with Crippen molar-refractivity contribution in [2.45, 2.75) is 0 Å². The Labute approximate surface area is 142 Å². The highest BCUT2D eigenvalue weighted by molar-refractivity contribution is 14.1. The van der Waals surface area contributed by atoms with Gasteiger partial charge in [0.15, 0.2) is 0 Å². The van der Waals surface area contributed by atoms with Crippen molar-refractivity contribution < 1.29 is 0 Å². The predicted molar refractivity (Wildman–Crippen MR) is 100 cm³/mol. The van der Waals surface area contributed by atoms with Gasteiger partial charge < -0.3 is 4.90 Å². The Morgan fingerprint density at radius 3 is 2.57 bits per heavy atom. The average molecular weight is 410 g/mol. The third kappa shape index (κ3) is 2.64. The van der Waals surface area contributed by atoms with Crippen LogP contribution in [0.5, 0.6) is 0 Å². The third-order valence-electron chi connectivity index (χ3n) is 3.45. The quantitative estimate of drug-likeness (QED) is 0.349. The second-order valence-corrected chi connectivity index (χ2v) is 7.53. The van der Waals surface area contributed by atoms with Crippen molar-refractivity contribution in [1.29, 1.82) is 0 Å². The van der Waals surface area contributed by atoms with Crippen LogP contribution in [-0.4, -0.2) is 33.2 Å². The van der Waals surface area contributed by atoms with E-state index in [0.717, 1.165) is 11.2 Å². The molecule has 0 atom stereocenters. The standard InChI is InChI=1S/C16H17IN3S/c1-19(2)10-5-6-11-14(9-10)21-16-12(18-11)7-8-13(15(16)17)20(3)4/h5-9H,1-4H3/q+1. The summed E-state index contributed by atoms with van der Waals surface area (Å²) < 4.78 is 4.64. The molecule has 0 saturated carbocycles. The Bertz CT molecular complexity index is 863. The summed E-state index contributed by atoms with van der Waals surface area (Å²) in [7, 11) is 8.28. The van der Waals surface area contributed by atoms with E-state index in [-0.39, 0.29) is 0 Å². The van der Waals surface area contributed by atoms with E-state index < -0.39 is 0 Å². The maximum atomic E-state index is 4.81. The minimum atomic E-state index is 1.06. The second-order valence-electron chi connectivity index (χ2n) is 5.40. The second kappa shape index (κ2) is 5.53. The number of halogens is 1. The number of benzene rings is 2. The van der Waals surface area contributed by atoms with Crippen LogP contribution in [0.1, 0.15) is 0 Å². The molecule has 0 aromatic heterocycles. The Kier molecular flexibility index (Phi) is 3.88. The van der Waals surface area contributed by atoms with E-state index in [1.165, 1.54) is 24.2 Å². The summed E-state index contributed by atoms with van der Waals surface area (Å²) in [6, 6.07) is 10.7. The molecule has 21 heavy (non-hydrogen) atoms. The molecule has 0 radical (unpaired) electrons. The normalized spacial score (nSPS) is 11.1. The number of fused-ring (bicyclic) bond motifs is 2. The highest BCUT2D eigenvalue weighted by Gasteiger charge is 2.15. The summed E-state index contributed by atoms with van der Waals surface area (Å²) >= 11 is 4.24. The Morgan fingerprint density at radius 2 is 1.90 bits per heavy atom. The zero-order chi connectivity index (χ0) is 15.1. The molecule has 1 aliphatic carbocycles. The van der Waals surface area contributed by atoms with E-state index in [1.807, 2.05) is 11.3 Å².